The van der Waals surface area contributed by atoms with Gasteiger partial charge >= 0.3 is 6.03 Å². The van der Waals surface area contributed by atoms with E-state index in [4.69, 9.17) is 0 Å². The lowest BCUT2D eigenvalue weighted by molar-refractivity contribution is 0.251. The number of nitrogens with zero attached hydrogens (tertiary/aromatic N) is 1. The van der Waals surface area contributed by atoms with Crippen molar-refractivity contribution in [2.24, 2.45) is 0 Å². The number of aryl methyl sites for hydroxylation is 1. The van der Waals surface area contributed by atoms with Gasteiger partial charge in [-0.3, -0.25) is 4.98 Å². The number of sulfone groups is 1. The molecule has 2 aromatic carbocycles. The number of carbonyl (C=O) groups excluding carboxylic acids is 1. The quantitative estimate of drug-likeness (QED) is 0.685. The van der Waals surface area contributed by atoms with E-state index in [2.05, 4.69) is 15.6 Å². The van der Waals surface area contributed by atoms with Gasteiger partial charge in [0, 0.05) is 24.6 Å². The summed E-state index contributed by atoms with van der Waals surface area (Å²) in [6, 6.07) is 12.7. The van der Waals surface area contributed by atoms with Gasteiger partial charge < -0.3 is 10.6 Å². The predicted molar refractivity (Wildman–Crippen MR) is 103 cm³/mol. The lowest BCUT2D eigenvalue weighted by Gasteiger charge is -2.09. The fourth-order valence-electron chi connectivity index (χ4n) is 2.53. The molecular weight excluding hydrogens is 381 g/mol. The zero-order chi connectivity index (χ0) is 20.1. The Balaban J connectivity index is 1.68. The Morgan fingerprint density at radius 2 is 1.86 bits per heavy atom. The summed E-state index contributed by atoms with van der Waals surface area (Å²) in [5, 5.41) is 5.28. The molecule has 1 aromatic heterocycles. The number of halogens is 1. The van der Waals surface area contributed by atoms with Crippen LogP contribution in [0.2, 0.25) is 0 Å². The van der Waals surface area contributed by atoms with Gasteiger partial charge in [-0.05, 0) is 60.5 Å². The summed E-state index contributed by atoms with van der Waals surface area (Å²) in [5.74, 6) is -0.794. The van der Waals surface area contributed by atoms with Crippen molar-refractivity contribution in [1.82, 2.24) is 10.3 Å². The van der Waals surface area contributed by atoms with E-state index in [1.54, 1.807) is 31.5 Å². The van der Waals surface area contributed by atoms with Crippen molar-refractivity contribution in [1.29, 1.82) is 0 Å². The summed E-state index contributed by atoms with van der Waals surface area (Å²) >= 11 is 0. The molecule has 0 bridgehead atoms. The number of carbonyl (C=O) groups is 1. The van der Waals surface area contributed by atoms with Gasteiger partial charge in [-0.2, -0.15) is 0 Å². The Labute approximate surface area is 162 Å². The van der Waals surface area contributed by atoms with E-state index in [0.29, 0.717) is 17.8 Å². The maximum absolute atomic E-state index is 14.1. The van der Waals surface area contributed by atoms with Crippen molar-refractivity contribution in [2.45, 2.75) is 23.3 Å². The number of anilines is 1. The summed E-state index contributed by atoms with van der Waals surface area (Å²) in [5.41, 5.74) is 1.89. The molecule has 0 atom stereocenters. The largest absolute Gasteiger partial charge is 0.334 e. The second-order valence-electron chi connectivity index (χ2n) is 6.13. The van der Waals surface area contributed by atoms with Crippen molar-refractivity contribution < 1.29 is 17.6 Å². The first-order chi connectivity index (χ1) is 13.4. The lowest BCUT2D eigenvalue weighted by atomic mass is 10.2. The number of urea groups is 1. The molecule has 2 N–H and O–H groups in total. The number of rotatable bonds is 5. The van der Waals surface area contributed by atoms with Crippen LogP contribution >= 0.6 is 0 Å². The molecule has 0 radical (unpaired) electrons. The molecule has 3 rings (SSSR count). The van der Waals surface area contributed by atoms with Crippen molar-refractivity contribution in [2.75, 3.05) is 5.32 Å². The van der Waals surface area contributed by atoms with Crippen LogP contribution in [0.15, 0.2) is 76.8 Å². The number of benzene rings is 2. The number of hydrogen-bond acceptors (Lipinski definition) is 4. The fraction of sp³-hybridized carbons (Fsp3) is 0.100. The lowest BCUT2D eigenvalue weighted by Crippen LogP contribution is -2.28. The van der Waals surface area contributed by atoms with E-state index in [1.807, 2.05) is 6.07 Å². The van der Waals surface area contributed by atoms with Gasteiger partial charge in [0.15, 0.2) is 0 Å². The summed E-state index contributed by atoms with van der Waals surface area (Å²) in [6.45, 7) is 1.98. The minimum Gasteiger partial charge on any atom is -0.334 e. The highest BCUT2D eigenvalue weighted by Crippen LogP contribution is 2.25. The van der Waals surface area contributed by atoms with E-state index in [0.717, 1.165) is 5.56 Å². The SMILES string of the molecule is Cc1ccc(S(=O)(=O)c2ccc(NC(=O)NCc3cccnc3)cc2)c(F)c1. The molecule has 0 aliphatic rings. The number of amides is 2. The molecule has 0 aliphatic carbocycles. The van der Waals surface area contributed by atoms with Gasteiger partial charge in [0.2, 0.25) is 9.84 Å². The normalized spacial score (nSPS) is 11.1. The second-order valence-corrected chi connectivity index (χ2v) is 8.05. The fourth-order valence-corrected chi connectivity index (χ4v) is 3.84. The van der Waals surface area contributed by atoms with Crippen molar-refractivity contribution in [3.8, 4) is 0 Å². The van der Waals surface area contributed by atoms with E-state index < -0.39 is 21.7 Å². The third-order valence-electron chi connectivity index (χ3n) is 3.98. The molecule has 28 heavy (non-hydrogen) atoms. The zero-order valence-electron chi connectivity index (χ0n) is 15.0. The molecule has 0 saturated carbocycles. The topological polar surface area (TPSA) is 88.2 Å². The molecule has 0 unspecified atom stereocenters. The van der Waals surface area contributed by atoms with Crippen LogP contribution in [-0.2, 0) is 16.4 Å². The average molecular weight is 399 g/mol. The molecule has 0 spiro atoms. The predicted octanol–water partition coefficient (Wildman–Crippen LogP) is 3.68. The Bertz CT molecular complexity index is 1090. The van der Waals surface area contributed by atoms with Crippen LogP contribution < -0.4 is 10.6 Å². The van der Waals surface area contributed by atoms with Crippen LogP contribution in [0.5, 0.6) is 0 Å². The molecule has 0 aliphatic heterocycles. The minimum atomic E-state index is -3.99. The van der Waals surface area contributed by atoms with Gasteiger partial charge in [0.05, 0.1) is 4.90 Å². The van der Waals surface area contributed by atoms with Gasteiger partial charge in [-0.25, -0.2) is 17.6 Å². The van der Waals surface area contributed by atoms with Crippen LogP contribution in [-0.4, -0.2) is 19.4 Å². The van der Waals surface area contributed by atoms with E-state index in [1.165, 1.54) is 36.4 Å². The van der Waals surface area contributed by atoms with E-state index in [-0.39, 0.29) is 9.79 Å². The Morgan fingerprint density at radius 3 is 2.50 bits per heavy atom. The smallest absolute Gasteiger partial charge is 0.319 e. The van der Waals surface area contributed by atoms with Crippen LogP contribution in [0.4, 0.5) is 14.9 Å². The molecule has 0 saturated heterocycles. The summed E-state index contributed by atoms with van der Waals surface area (Å²) in [4.78, 5) is 15.5. The number of pyridine rings is 1. The standard InChI is InChI=1S/C20H18FN3O3S/c1-14-4-9-19(18(21)11-14)28(26,27)17-7-5-16(6-8-17)24-20(25)23-13-15-3-2-10-22-12-15/h2-12H,13H2,1H3,(H2,23,24,25). The molecular formula is C20H18FN3O3S. The van der Waals surface area contributed by atoms with Crippen LogP contribution in [0.3, 0.4) is 0 Å². The average Bonchev–Trinajstić information content (AvgIpc) is 2.67. The summed E-state index contributed by atoms with van der Waals surface area (Å²) in [6.07, 6.45) is 3.28. The third-order valence-corrected chi connectivity index (χ3v) is 5.78. The monoisotopic (exact) mass is 399 g/mol. The zero-order valence-corrected chi connectivity index (χ0v) is 15.8. The number of hydrogen-bond donors (Lipinski definition) is 2. The Hall–Kier alpha value is -3.26. The van der Waals surface area contributed by atoms with Crippen molar-refractivity contribution in [3.63, 3.8) is 0 Å². The van der Waals surface area contributed by atoms with Gasteiger partial charge in [0.1, 0.15) is 10.7 Å². The van der Waals surface area contributed by atoms with Gasteiger partial charge in [-0.15, -0.1) is 0 Å². The molecule has 1 heterocycles. The first-order valence-electron chi connectivity index (χ1n) is 8.41. The highest BCUT2D eigenvalue weighted by Gasteiger charge is 2.21. The minimum absolute atomic E-state index is 0.0587. The van der Waals surface area contributed by atoms with Crippen molar-refractivity contribution in [3.05, 3.63) is 83.9 Å². The molecule has 6 nitrogen and oxygen atoms in total. The maximum atomic E-state index is 14.1. The highest BCUT2D eigenvalue weighted by atomic mass is 32.2. The van der Waals surface area contributed by atoms with E-state index in [9.17, 15) is 17.6 Å². The Kier molecular flexibility index (Phi) is 5.70. The third kappa shape index (κ3) is 4.52. The highest BCUT2D eigenvalue weighted by molar-refractivity contribution is 7.91. The summed E-state index contributed by atoms with van der Waals surface area (Å²) in [7, 11) is -3.99. The van der Waals surface area contributed by atoms with Crippen LogP contribution in [0.25, 0.3) is 0 Å². The number of nitrogens with one attached hydrogen (secondary N) is 2. The van der Waals surface area contributed by atoms with E-state index >= 15 is 0 Å². The first kappa shape index (κ1) is 19.5. The summed E-state index contributed by atoms with van der Waals surface area (Å²) < 4.78 is 39.3. The first-order valence-corrected chi connectivity index (χ1v) is 9.89. The maximum Gasteiger partial charge on any atom is 0.319 e. The second kappa shape index (κ2) is 8.18. The van der Waals surface area contributed by atoms with Gasteiger partial charge in [0.25, 0.3) is 0 Å². The number of aromatic nitrogens is 1. The molecule has 8 heteroatoms. The molecule has 3 aromatic rings. The Morgan fingerprint density at radius 1 is 1.11 bits per heavy atom. The van der Waals surface area contributed by atoms with Crippen molar-refractivity contribution >= 4 is 21.6 Å². The molecule has 144 valence electrons. The van der Waals surface area contributed by atoms with Crippen LogP contribution in [0.1, 0.15) is 11.1 Å². The van der Waals surface area contributed by atoms with Gasteiger partial charge in [-0.1, -0.05) is 12.1 Å². The van der Waals surface area contributed by atoms with Crippen LogP contribution in [0, 0.1) is 12.7 Å². The molecule has 0 fully saturated rings. The molecule has 2 amide bonds.